The van der Waals surface area contributed by atoms with E-state index in [9.17, 15) is 9.59 Å². The summed E-state index contributed by atoms with van der Waals surface area (Å²) in [6.45, 7) is 5.23. The van der Waals surface area contributed by atoms with Crippen molar-refractivity contribution >= 4 is 29.0 Å². The lowest BCUT2D eigenvalue weighted by Gasteiger charge is -2.28. The minimum Gasteiger partial charge on any atom is -0.497 e. The predicted octanol–water partition coefficient (Wildman–Crippen LogP) is 4.29. The SMILES string of the molecule is COc1ccc(NC(=O)N(CCCN2CCOCC2)Cc2ccc(C(=O)Nc3ccccc3N)cc2)cc1. The Morgan fingerprint density at radius 3 is 2.37 bits per heavy atom. The maximum atomic E-state index is 13.2. The van der Waals surface area contributed by atoms with E-state index in [1.807, 2.05) is 48.5 Å². The minimum absolute atomic E-state index is 0.182. The molecule has 1 aliphatic rings. The first-order valence-corrected chi connectivity index (χ1v) is 12.8. The topological polar surface area (TPSA) is 109 Å². The fourth-order valence-electron chi connectivity index (χ4n) is 4.23. The van der Waals surface area contributed by atoms with Crippen molar-refractivity contribution in [1.29, 1.82) is 0 Å². The summed E-state index contributed by atoms with van der Waals surface area (Å²) in [6.07, 6.45) is 0.842. The Bertz CT molecular complexity index is 1190. The van der Waals surface area contributed by atoms with Gasteiger partial charge in [-0.2, -0.15) is 0 Å². The van der Waals surface area contributed by atoms with Crippen molar-refractivity contribution in [2.75, 3.05) is 62.9 Å². The van der Waals surface area contributed by atoms with Gasteiger partial charge in [0.2, 0.25) is 0 Å². The molecule has 0 saturated carbocycles. The van der Waals surface area contributed by atoms with E-state index in [4.69, 9.17) is 15.2 Å². The highest BCUT2D eigenvalue weighted by Crippen LogP contribution is 2.19. The van der Waals surface area contributed by atoms with Crippen LogP contribution in [0.3, 0.4) is 0 Å². The maximum Gasteiger partial charge on any atom is 0.322 e. The fraction of sp³-hybridized carbons (Fsp3) is 0.310. The summed E-state index contributed by atoms with van der Waals surface area (Å²) in [6, 6.07) is 21.5. The zero-order chi connectivity index (χ0) is 26.7. The highest BCUT2D eigenvalue weighted by molar-refractivity contribution is 6.05. The Labute approximate surface area is 223 Å². The summed E-state index contributed by atoms with van der Waals surface area (Å²) in [5.74, 6) is 0.485. The number of urea groups is 1. The number of anilines is 3. The smallest absolute Gasteiger partial charge is 0.322 e. The number of nitrogens with zero attached hydrogens (tertiary/aromatic N) is 2. The number of carbonyl (C=O) groups is 2. The lowest BCUT2D eigenvalue weighted by Crippen LogP contribution is -2.40. The van der Waals surface area contributed by atoms with E-state index in [1.165, 1.54) is 0 Å². The molecule has 0 unspecified atom stereocenters. The number of nitrogens with two attached hydrogens (primary N) is 1. The zero-order valence-electron chi connectivity index (χ0n) is 21.7. The molecule has 1 aliphatic heterocycles. The predicted molar refractivity (Wildman–Crippen MR) is 150 cm³/mol. The van der Waals surface area contributed by atoms with Crippen LogP contribution in [0, 0.1) is 0 Å². The number of ether oxygens (including phenoxy) is 2. The van der Waals surface area contributed by atoms with Crippen LogP contribution in [-0.2, 0) is 11.3 Å². The molecule has 200 valence electrons. The van der Waals surface area contributed by atoms with Gasteiger partial charge in [0.25, 0.3) is 5.91 Å². The Morgan fingerprint density at radius 1 is 0.974 bits per heavy atom. The Balaban J connectivity index is 1.40. The van der Waals surface area contributed by atoms with Crippen molar-refractivity contribution in [2.24, 2.45) is 0 Å². The number of morpholine rings is 1. The van der Waals surface area contributed by atoms with Gasteiger partial charge >= 0.3 is 6.03 Å². The van der Waals surface area contributed by atoms with Crippen molar-refractivity contribution < 1.29 is 19.1 Å². The minimum atomic E-state index is -0.242. The van der Waals surface area contributed by atoms with E-state index in [2.05, 4.69) is 15.5 Å². The molecule has 9 heteroatoms. The van der Waals surface area contributed by atoms with E-state index >= 15 is 0 Å². The standard InChI is InChI=1S/C29H35N5O4/c1-37-25-13-11-24(12-14-25)31-29(36)34(16-4-15-33-17-19-38-20-18-33)21-22-7-9-23(10-8-22)28(35)32-27-6-3-2-5-26(27)30/h2-3,5-14H,4,15-21,30H2,1H3,(H,31,36)(H,32,35). The molecular weight excluding hydrogens is 482 g/mol. The maximum absolute atomic E-state index is 13.2. The number of hydrogen-bond donors (Lipinski definition) is 3. The molecule has 4 rings (SSSR count). The van der Waals surface area contributed by atoms with E-state index in [0.717, 1.165) is 50.6 Å². The summed E-state index contributed by atoms with van der Waals surface area (Å²) in [5.41, 5.74) is 9.15. The van der Waals surface area contributed by atoms with E-state index in [-0.39, 0.29) is 11.9 Å². The number of amides is 3. The van der Waals surface area contributed by atoms with Gasteiger partial charge < -0.3 is 30.7 Å². The molecule has 1 fully saturated rings. The number of carbonyl (C=O) groups excluding carboxylic acids is 2. The first-order valence-electron chi connectivity index (χ1n) is 12.8. The average molecular weight is 518 g/mol. The number of hydrogen-bond acceptors (Lipinski definition) is 6. The van der Waals surface area contributed by atoms with Crippen LogP contribution in [0.25, 0.3) is 0 Å². The molecular formula is C29H35N5O4. The Kier molecular flexibility index (Phi) is 9.55. The highest BCUT2D eigenvalue weighted by Gasteiger charge is 2.17. The second-order valence-electron chi connectivity index (χ2n) is 9.13. The third-order valence-electron chi connectivity index (χ3n) is 6.43. The number of nitrogen functional groups attached to an aromatic ring is 1. The third kappa shape index (κ3) is 7.71. The van der Waals surface area contributed by atoms with Crippen LogP contribution in [0.4, 0.5) is 21.9 Å². The van der Waals surface area contributed by atoms with Gasteiger partial charge in [-0.3, -0.25) is 9.69 Å². The molecule has 1 saturated heterocycles. The number of benzene rings is 3. The molecule has 4 N–H and O–H groups in total. The van der Waals surface area contributed by atoms with Crippen LogP contribution >= 0.6 is 0 Å². The van der Waals surface area contributed by atoms with Crippen molar-refractivity contribution in [3.63, 3.8) is 0 Å². The summed E-state index contributed by atoms with van der Waals surface area (Å²) in [7, 11) is 1.61. The van der Waals surface area contributed by atoms with Gasteiger partial charge in [0.15, 0.2) is 0 Å². The van der Waals surface area contributed by atoms with Crippen molar-refractivity contribution in [1.82, 2.24) is 9.80 Å². The molecule has 38 heavy (non-hydrogen) atoms. The van der Waals surface area contributed by atoms with Gasteiger partial charge in [-0.05, 0) is 60.5 Å². The molecule has 0 aromatic heterocycles. The summed E-state index contributed by atoms with van der Waals surface area (Å²) < 4.78 is 10.6. The van der Waals surface area contributed by atoms with E-state index in [0.29, 0.717) is 35.7 Å². The van der Waals surface area contributed by atoms with Crippen LogP contribution in [0.2, 0.25) is 0 Å². The van der Waals surface area contributed by atoms with Gasteiger partial charge in [-0.15, -0.1) is 0 Å². The van der Waals surface area contributed by atoms with E-state index < -0.39 is 0 Å². The van der Waals surface area contributed by atoms with Crippen molar-refractivity contribution in [3.8, 4) is 5.75 Å². The van der Waals surface area contributed by atoms with Gasteiger partial charge in [-0.25, -0.2) is 4.79 Å². The normalized spacial score (nSPS) is 13.5. The first-order chi connectivity index (χ1) is 18.5. The van der Waals surface area contributed by atoms with Gasteiger partial charge in [-0.1, -0.05) is 24.3 Å². The first kappa shape index (κ1) is 27.0. The quantitative estimate of drug-likeness (QED) is 0.346. The van der Waals surface area contributed by atoms with Crippen LogP contribution < -0.4 is 21.1 Å². The fourth-order valence-corrected chi connectivity index (χ4v) is 4.23. The second-order valence-corrected chi connectivity index (χ2v) is 9.13. The molecule has 3 amide bonds. The van der Waals surface area contributed by atoms with Gasteiger partial charge in [0.05, 0.1) is 31.7 Å². The molecule has 3 aromatic carbocycles. The molecule has 3 aromatic rings. The summed E-state index contributed by atoms with van der Waals surface area (Å²) in [5, 5.41) is 5.82. The molecule has 1 heterocycles. The van der Waals surface area contributed by atoms with Crippen LogP contribution in [-0.4, -0.2) is 68.2 Å². The zero-order valence-corrected chi connectivity index (χ0v) is 21.7. The third-order valence-corrected chi connectivity index (χ3v) is 6.43. The molecule has 0 spiro atoms. The molecule has 9 nitrogen and oxygen atoms in total. The summed E-state index contributed by atoms with van der Waals surface area (Å²) in [4.78, 5) is 30.1. The van der Waals surface area contributed by atoms with E-state index in [1.54, 1.807) is 36.3 Å². The molecule has 0 aliphatic carbocycles. The lowest BCUT2D eigenvalue weighted by molar-refractivity contribution is 0.0365. The number of para-hydroxylation sites is 2. The molecule has 0 bridgehead atoms. The molecule has 0 radical (unpaired) electrons. The van der Waals surface area contributed by atoms with Gasteiger partial charge in [0.1, 0.15) is 5.75 Å². The average Bonchev–Trinajstić information content (AvgIpc) is 2.95. The Morgan fingerprint density at radius 2 is 1.68 bits per heavy atom. The van der Waals surface area contributed by atoms with Gasteiger partial charge in [0, 0.05) is 44.0 Å². The monoisotopic (exact) mass is 517 g/mol. The van der Waals surface area contributed by atoms with Crippen LogP contribution in [0.15, 0.2) is 72.8 Å². The lowest BCUT2D eigenvalue weighted by atomic mass is 10.1. The number of rotatable bonds is 10. The van der Waals surface area contributed by atoms with Crippen molar-refractivity contribution in [2.45, 2.75) is 13.0 Å². The van der Waals surface area contributed by atoms with Crippen LogP contribution in [0.1, 0.15) is 22.3 Å². The van der Waals surface area contributed by atoms with Crippen LogP contribution in [0.5, 0.6) is 5.75 Å². The van der Waals surface area contributed by atoms with Crippen molar-refractivity contribution in [3.05, 3.63) is 83.9 Å². The highest BCUT2D eigenvalue weighted by atomic mass is 16.5. The number of methoxy groups -OCH3 is 1. The number of nitrogens with one attached hydrogen (secondary N) is 2. The summed E-state index contributed by atoms with van der Waals surface area (Å²) >= 11 is 0. The molecule has 0 atom stereocenters. The second kappa shape index (κ2) is 13.5. The Hall–Kier alpha value is -4.08. The largest absolute Gasteiger partial charge is 0.497 e.